The van der Waals surface area contributed by atoms with Crippen LogP contribution in [0.5, 0.6) is 0 Å². The number of halogens is 2. The predicted molar refractivity (Wildman–Crippen MR) is 80.6 cm³/mol. The molecule has 1 N–H and O–H groups in total. The Morgan fingerprint density at radius 2 is 1.86 bits per heavy atom. The fraction of sp³-hybridized carbons (Fsp3) is 0. The molecule has 0 heterocycles. The predicted octanol–water partition coefficient (Wildman–Crippen LogP) is 4.75. The molecule has 0 saturated carbocycles. The zero-order valence-corrected chi connectivity index (χ0v) is 12.6. The Morgan fingerprint density at radius 1 is 1.14 bits per heavy atom. The second-order valence-electron chi connectivity index (χ2n) is 3.92. The fourth-order valence-corrected chi connectivity index (χ4v) is 2.93. The van der Waals surface area contributed by atoms with Gasteiger partial charge in [-0.2, -0.15) is 0 Å². The lowest BCUT2D eigenvalue weighted by atomic mass is 10.2. The third kappa shape index (κ3) is 3.66. The highest BCUT2D eigenvalue weighted by molar-refractivity contribution is 7.99. The fourth-order valence-electron chi connectivity index (χ4n) is 1.55. The molecule has 108 valence electrons. The first kappa shape index (κ1) is 15.6. The van der Waals surface area contributed by atoms with Gasteiger partial charge in [0.2, 0.25) is 0 Å². The van der Waals surface area contributed by atoms with Gasteiger partial charge >= 0.3 is 5.97 Å². The summed E-state index contributed by atoms with van der Waals surface area (Å²) in [6.45, 7) is 0. The van der Waals surface area contributed by atoms with Crippen molar-refractivity contribution in [1.29, 1.82) is 0 Å². The normalized spacial score (nSPS) is 10.4. The minimum Gasteiger partial charge on any atom is -0.478 e. The molecule has 0 aliphatic rings. The van der Waals surface area contributed by atoms with E-state index in [-0.39, 0.29) is 16.1 Å². The van der Waals surface area contributed by atoms with Gasteiger partial charge in [-0.3, -0.25) is 10.1 Å². The molecule has 8 heteroatoms. The summed E-state index contributed by atoms with van der Waals surface area (Å²) in [5.41, 5.74) is -0.195. The van der Waals surface area contributed by atoms with E-state index in [0.717, 1.165) is 17.8 Å². The minimum atomic E-state index is -1.16. The van der Waals surface area contributed by atoms with E-state index in [9.17, 15) is 14.9 Å². The van der Waals surface area contributed by atoms with Gasteiger partial charge in [0.25, 0.3) is 5.69 Å². The largest absolute Gasteiger partial charge is 0.478 e. The molecule has 0 amide bonds. The number of carboxylic acids is 1. The number of hydrogen-bond acceptors (Lipinski definition) is 4. The van der Waals surface area contributed by atoms with Crippen molar-refractivity contribution in [1.82, 2.24) is 0 Å². The van der Waals surface area contributed by atoms with Crippen LogP contribution in [0.3, 0.4) is 0 Å². The Hall–Kier alpha value is -1.76. The SMILES string of the molecule is O=C(O)c1ccc([N+](=O)[O-])cc1Sc1ccc(Cl)c(Cl)c1. The standard InChI is InChI=1S/C13H7Cl2NO4S/c14-10-4-2-8(6-11(10)15)21-12-5-7(16(19)20)1-3-9(12)13(17)18/h1-6H,(H,17,18). The van der Waals surface area contributed by atoms with E-state index in [1.165, 1.54) is 12.1 Å². The molecular formula is C13H7Cl2NO4S. The third-order valence-electron chi connectivity index (χ3n) is 2.53. The highest BCUT2D eigenvalue weighted by atomic mass is 35.5. The molecule has 0 aromatic heterocycles. The molecular weight excluding hydrogens is 337 g/mol. The Morgan fingerprint density at radius 3 is 2.43 bits per heavy atom. The molecule has 2 aromatic rings. The summed E-state index contributed by atoms with van der Waals surface area (Å²) in [5, 5.41) is 20.6. The lowest BCUT2D eigenvalue weighted by Crippen LogP contribution is -2.00. The molecule has 0 radical (unpaired) electrons. The number of aromatic carboxylic acids is 1. The Kier molecular flexibility index (Phi) is 4.72. The number of rotatable bonds is 4. The Balaban J connectivity index is 2.45. The van der Waals surface area contributed by atoms with Crippen molar-refractivity contribution in [3.8, 4) is 0 Å². The first-order valence-electron chi connectivity index (χ1n) is 5.53. The van der Waals surface area contributed by atoms with Gasteiger partial charge in [-0.1, -0.05) is 35.0 Å². The molecule has 2 rings (SSSR count). The van der Waals surface area contributed by atoms with Crippen molar-refractivity contribution in [3.05, 3.63) is 62.1 Å². The second-order valence-corrected chi connectivity index (χ2v) is 5.85. The van der Waals surface area contributed by atoms with Crippen LogP contribution < -0.4 is 0 Å². The van der Waals surface area contributed by atoms with Crippen LogP contribution in [0.2, 0.25) is 10.0 Å². The highest BCUT2D eigenvalue weighted by Gasteiger charge is 2.16. The third-order valence-corrected chi connectivity index (χ3v) is 4.31. The van der Waals surface area contributed by atoms with E-state index < -0.39 is 10.9 Å². The summed E-state index contributed by atoms with van der Waals surface area (Å²) in [6, 6.07) is 8.38. The van der Waals surface area contributed by atoms with E-state index in [4.69, 9.17) is 28.3 Å². The number of nitrogens with zero attached hydrogens (tertiary/aromatic N) is 1. The Bertz CT molecular complexity index is 736. The molecule has 0 aliphatic carbocycles. The molecule has 2 aromatic carbocycles. The number of benzene rings is 2. The summed E-state index contributed by atoms with van der Waals surface area (Å²) in [5.74, 6) is -1.16. The van der Waals surface area contributed by atoms with Gasteiger partial charge in [0.05, 0.1) is 20.5 Å². The average Bonchev–Trinajstić information content (AvgIpc) is 2.42. The van der Waals surface area contributed by atoms with E-state index in [1.54, 1.807) is 18.2 Å². The summed E-state index contributed by atoms with van der Waals surface area (Å²) in [7, 11) is 0. The van der Waals surface area contributed by atoms with Gasteiger partial charge in [-0.15, -0.1) is 0 Å². The summed E-state index contributed by atoms with van der Waals surface area (Å²) >= 11 is 12.8. The van der Waals surface area contributed by atoms with Crippen molar-refractivity contribution in [2.24, 2.45) is 0 Å². The molecule has 21 heavy (non-hydrogen) atoms. The topological polar surface area (TPSA) is 80.4 Å². The highest BCUT2D eigenvalue weighted by Crippen LogP contribution is 2.36. The van der Waals surface area contributed by atoms with Gasteiger partial charge in [0.15, 0.2) is 0 Å². The van der Waals surface area contributed by atoms with Crippen molar-refractivity contribution in [3.63, 3.8) is 0 Å². The molecule has 0 saturated heterocycles. The molecule has 0 aliphatic heterocycles. The van der Waals surface area contributed by atoms with Gasteiger partial charge < -0.3 is 5.11 Å². The number of carbonyl (C=O) groups is 1. The van der Waals surface area contributed by atoms with Crippen LogP contribution in [0.15, 0.2) is 46.2 Å². The monoisotopic (exact) mass is 343 g/mol. The second kappa shape index (κ2) is 6.34. The van der Waals surface area contributed by atoms with Gasteiger partial charge in [0, 0.05) is 21.9 Å². The summed E-state index contributed by atoms with van der Waals surface area (Å²) < 4.78 is 0. The molecule has 0 spiro atoms. The van der Waals surface area contributed by atoms with Crippen LogP contribution in [0, 0.1) is 10.1 Å². The summed E-state index contributed by atoms with van der Waals surface area (Å²) in [6.07, 6.45) is 0. The molecule has 0 bridgehead atoms. The minimum absolute atomic E-state index is 0.0170. The number of nitro benzene ring substituents is 1. The van der Waals surface area contributed by atoms with E-state index in [1.807, 2.05) is 0 Å². The van der Waals surface area contributed by atoms with Crippen molar-refractivity contribution in [2.45, 2.75) is 9.79 Å². The zero-order chi connectivity index (χ0) is 15.6. The maximum absolute atomic E-state index is 11.2. The van der Waals surface area contributed by atoms with Crippen molar-refractivity contribution >= 4 is 46.6 Å². The maximum Gasteiger partial charge on any atom is 0.336 e. The van der Waals surface area contributed by atoms with Crippen LogP contribution in [-0.2, 0) is 0 Å². The van der Waals surface area contributed by atoms with Gasteiger partial charge in [-0.05, 0) is 24.3 Å². The quantitative estimate of drug-likeness (QED) is 0.639. The number of nitro groups is 1. The molecule has 5 nitrogen and oxygen atoms in total. The number of non-ortho nitro benzene ring substituents is 1. The smallest absolute Gasteiger partial charge is 0.336 e. The Labute approximate surface area is 133 Å². The maximum atomic E-state index is 11.2. The van der Waals surface area contributed by atoms with Gasteiger partial charge in [0.1, 0.15) is 0 Å². The first-order chi connectivity index (χ1) is 9.88. The lowest BCUT2D eigenvalue weighted by Gasteiger charge is -2.06. The zero-order valence-electron chi connectivity index (χ0n) is 10.2. The van der Waals surface area contributed by atoms with Crippen LogP contribution in [0.25, 0.3) is 0 Å². The molecule has 0 atom stereocenters. The van der Waals surface area contributed by atoms with E-state index in [2.05, 4.69) is 0 Å². The van der Waals surface area contributed by atoms with Crippen LogP contribution in [-0.4, -0.2) is 16.0 Å². The van der Waals surface area contributed by atoms with Crippen molar-refractivity contribution < 1.29 is 14.8 Å². The van der Waals surface area contributed by atoms with E-state index >= 15 is 0 Å². The lowest BCUT2D eigenvalue weighted by molar-refractivity contribution is -0.385. The average molecular weight is 344 g/mol. The first-order valence-corrected chi connectivity index (χ1v) is 7.10. The van der Waals surface area contributed by atoms with Crippen LogP contribution >= 0.6 is 35.0 Å². The van der Waals surface area contributed by atoms with E-state index in [0.29, 0.717) is 14.9 Å². The molecule has 0 fully saturated rings. The summed E-state index contributed by atoms with van der Waals surface area (Å²) in [4.78, 5) is 22.3. The van der Waals surface area contributed by atoms with Gasteiger partial charge in [-0.25, -0.2) is 4.79 Å². The van der Waals surface area contributed by atoms with Crippen LogP contribution in [0.1, 0.15) is 10.4 Å². The molecule has 0 unspecified atom stereocenters. The van der Waals surface area contributed by atoms with Crippen molar-refractivity contribution in [2.75, 3.05) is 0 Å². The number of hydrogen-bond donors (Lipinski definition) is 1. The van der Waals surface area contributed by atoms with Crippen LogP contribution in [0.4, 0.5) is 5.69 Å². The number of carboxylic acid groups (broad SMARTS) is 1.